The fourth-order valence-electron chi connectivity index (χ4n) is 2.32. The Morgan fingerprint density at radius 2 is 2.25 bits per heavy atom. The molecule has 0 spiro atoms. The van der Waals surface area contributed by atoms with Crippen LogP contribution in [0, 0.1) is 5.92 Å². The molecule has 3 unspecified atom stereocenters. The summed E-state index contributed by atoms with van der Waals surface area (Å²) in [5.41, 5.74) is 0. The van der Waals surface area contributed by atoms with Gasteiger partial charge in [0, 0.05) is 18.6 Å². The average Bonchev–Trinajstić information content (AvgIpc) is 2.21. The van der Waals surface area contributed by atoms with Crippen LogP contribution >= 0.6 is 0 Å². The van der Waals surface area contributed by atoms with Gasteiger partial charge in [0.25, 0.3) is 0 Å². The Labute approximate surface area is 98.2 Å². The Balaban J connectivity index is 2.42. The van der Waals surface area contributed by atoms with E-state index >= 15 is 0 Å². The van der Waals surface area contributed by atoms with Gasteiger partial charge in [-0.2, -0.15) is 0 Å². The molecule has 0 amide bonds. The molecule has 16 heavy (non-hydrogen) atoms. The van der Waals surface area contributed by atoms with Crippen molar-refractivity contribution in [2.75, 3.05) is 27.2 Å². The van der Waals surface area contributed by atoms with Crippen LogP contribution in [-0.2, 0) is 4.79 Å². The molecule has 4 heteroatoms. The summed E-state index contributed by atoms with van der Waals surface area (Å²) in [4.78, 5) is 15.4. The molecule has 4 nitrogen and oxygen atoms in total. The van der Waals surface area contributed by atoms with Crippen LogP contribution in [0.1, 0.15) is 26.7 Å². The van der Waals surface area contributed by atoms with Gasteiger partial charge < -0.3 is 14.9 Å². The summed E-state index contributed by atoms with van der Waals surface area (Å²) in [5.74, 6) is -0.979. The van der Waals surface area contributed by atoms with Gasteiger partial charge in [-0.05, 0) is 40.4 Å². The van der Waals surface area contributed by atoms with Crippen LogP contribution in [0.5, 0.6) is 0 Å². The van der Waals surface area contributed by atoms with Crippen molar-refractivity contribution >= 4 is 5.97 Å². The fourth-order valence-corrected chi connectivity index (χ4v) is 2.32. The molecule has 94 valence electrons. The van der Waals surface area contributed by atoms with Crippen molar-refractivity contribution < 1.29 is 9.90 Å². The van der Waals surface area contributed by atoms with Gasteiger partial charge in [-0.25, -0.2) is 0 Å². The molecule has 0 saturated carbocycles. The zero-order valence-electron chi connectivity index (χ0n) is 10.8. The van der Waals surface area contributed by atoms with Crippen molar-refractivity contribution in [2.45, 2.75) is 38.8 Å². The maximum absolute atomic E-state index is 10.8. The lowest BCUT2D eigenvalue weighted by atomic mass is 9.97. The lowest BCUT2D eigenvalue weighted by molar-refractivity contribution is -0.141. The summed E-state index contributed by atoms with van der Waals surface area (Å²) in [6.45, 7) is 5.77. The first-order chi connectivity index (χ1) is 7.41. The summed E-state index contributed by atoms with van der Waals surface area (Å²) in [7, 11) is 4.20. The first kappa shape index (κ1) is 13.5. The number of carboxylic acids is 1. The van der Waals surface area contributed by atoms with E-state index in [1.165, 1.54) is 0 Å². The average molecular weight is 228 g/mol. The predicted molar refractivity (Wildman–Crippen MR) is 64.5 cm³/mol. The largest absolute Gasteiger partial charge is 0.481 e. The van der Waals surface area contributed by atoms with Crippen molar-refractivity contribution in [1.29, 1.82) is 0 Å². The second-order valence-corrected chi connectivity index (χ2v) is 5.19. The Kier molecular flexibility index (Phi) is 4.74. The molecule has 1 saturated heterocycles. The first-order valence-electron chi connectivity index (χ1n) is 6.05. The number of carbonyl (C=O) groups is 1. The third-order valence-electron chi connectivity index (χ3n) is 3.79. The minimum atomic E-state index is -0.701. The maximum Gasteiger partial charge on any atom is 0.307 e. The normalized spacial score (nSPS) is 29.3. The highest BCUT2D eigenvalue weighted by molar-refractivity contribution is 5.69. The molecule has 1 fully saturated rings. The number of hydrogen-bond acceptors (Lipinski definition) is 3. The zero-order valence-corrected chi connectivity index (χ0v) is 10.8. The minimum Gasteiger partial charge on any atom is -0.481 e. The quantitative estimate of drug-likeness (QED) is 0.783. The molecular formula is C12H24N2O2. The lowest BCUT2D eigenvalue weighted by Gasteiger charge is -2.39. The Hall–Kier alpha value is -0.610. The molecule has 1 aliphatic rings. The van der Waals surface area contributed by atoms with Crippen LogP contribution < -0.4 is 0 Å². The smallest absolute Gasteiger partial charge is 0.307 e. The zero-order chi connectivity index (χ0) is 12.3. The standard InChI is InChI=1S/C12H24N2O2/c1-9(12(15)16)8-14(4)11-5-6-13(3)10(2)7-11/h9-11H,5-8H2,1-4H3,(H,15,16). The monoisotopic (exact) mass is 228 g/mol. The number of rotatable bonds is 4. The highest BCUT2D eigenvalue weighted by Crippen LogP contribution is 2.20. The first-order valence-corrected chi connectivity index (χ1v) is 6.05. The van der Waals surface area contributed by atoms with Gasteiger partial charge in [0.2, 0.25) is 0 Å². The number of hydrogen-bond donors (Lipinski definition) is 1. The van der Waals surface area contributed by atoms with E-state index in [1.54, 1.807) is 6.92 Å². The number of nitrogens with zero attached hydrogens (tertiary/aromatic N) is 2. The van der Waals surface area contributed by atoms with Crippen LogP contribution in [0.25, 0.3) is 0 Å². The van der Waals surface area contributed by atoms with E-state index < -0.39 is 5.97 Å². The third-order valence-corrected chi connectivity index (χ3v) is 3.79. The highest BCUT2D eigenvalue weighted by Gasteiger charge is 2.27. The van der Waals surface area contributed by atoms with Crippen molar-refractivity contribution in [3.05, 3.63) is 0 Å². The SMILES string of the molecule is CC(CN(C)C1CCN(C)C(C)C1)C(=O)O. The van der Waals surface area contributed by atoms with Crippen molar-refractivity contribution in [2.24, 2.45) is 5.92 Å². The number of likely N-dealkylation sites (tertiary alicyclic amines) is 1. The van der Waals surface area contributed by atoms with Crippen LogP contribution in [0.3, 0.4) is 0 Å². The maximum atomic E-state index is 10.8. The molecule has 0 aliphatic carbocycles. The van der Waals surface area contributed by atoms with E-state index in [-0.39, 0.29) is 5.92 Å². The van der Waals surface area contributed by atoms with Gasteiger partial charge in [0.05, 0.1) is 5.92 Å². The molecule has 0 bridgehead atoms. The van der Waals surface area contributed by atoms with Crippen molar-refractivity contribution in [1.82, 2.24) is 9.80 Å². The van der Waals surface area contributed by atoms with Crippen LogP contribution in [0.4, 0.5) is 0 Å². The molecule has 0 aromatic carbocycles. The number of aliphatic carboxylic acids is 1. The molecule has 1 heterocycles. The Bertz CT molecular complexity index is 245. The summed E-state index contributed by atoms with van der Waals surface area (Å²) < 4.78 is 0. The number of piperidine rings is 1. The van der Waals surface area contributed by atoms with E-state index in [4.69, 9.17) is 5.11 Å². The van der Waals surface area contributed by atoms with E-state index in [0.29, 0.717) is 18.6 Å². The Morgan fingerprint density at radius 1 is 1.62 bits per heavy atom. The van der Waals surface area contributed by atoms with E-state index in [2.05, 4.69) is 23.8 Å². The predicted octanol–water partition coefficient (Wildman–Crippen LogP) is 1.12. The van der Waals surface area contributed by atoms with Gasteiger partial charge in [0.15, 0.2) is 0 Å². The van der Waals surface area contributed by atoms with Crippen LogP contribution in [0.2, 0.25) is 0 Å². The second-order valence-electron chi connectivity index (χ2n) is 5.19. The van der Waals surface area contributed by atoms with Crippen LogP contribution in [0.15, 0.2) is 0 Å². The number of carboxylic acid groups (broad SMARTS) is 1. The molecular weight excluding hydrogens is 204 g/mol. The van der Waals surface area contributed by atoms with Crippen molar-refractivity contribution in [3.8, 4) is 0 Å². The summed E-state index contributed by atoms with van der Waals surface area (Å²) in [6, 6.07) is 1.13. The molecule has 1 aliphatic heterocycles. The van der Waals surface area contributed by atoms with Gasteiger partial charge in [-0.3, -0.25) is 4.79 Å². The summed E-state index contributed by atoms with van der Waals surface area (Å²) in [5, 5.41) is 8.89. The fraction of sp³-hybridized carbons (Fsp3) is 0.917. The van der Waals surface area contributed by atoms with E-state index in [9.17, 15) is 4.79 Å². The molecule has 1 N–H and O–H groups in total. The minimum absolute atomic E-state index is 0.278. The van der Waals surface area contributed by atoms with Gasteiger partial charge in [0.1, 0.15) is 0 Å². The topological polar surface area (TPSA) is 43.8 Å². The molecule has 0 aromatic heterocycles. The summed E-state index contributed by atoms with van der Waals surface area (Å²) in [6.07, 6.45) is 2.28. The van der Waals surface area contributed by atoms with Gasteiger partial charge >= 0.3 is 5.97 Å². The molecule has 0 aromatic rings. The molecule has 0 radical (unpaired) electrons. The molecule has 1 rings (SSSR count). The van der Waals surface area contributed by atoms with E-state index in [0.717, 1.165) is 19.4 Å². The lowest BCUT2D eigenvalue weighted by Crippen LogP contribution is -2.47. The highest BCUT2D eigenvalue weighted by atomic mass is 16.4. The van der Waals surface area contributed by atoms with Crippen molar-refractivity contribution in [3.63, 3.8) is 0 Å². The third kappa shape index (κ3) is 3.46. The van der Waals surface area contributed by atoms with Gasteiger partial charge in [-0.15, -0.1) is 0 Å². The molecule has 3 atom stereocenters. The van der Waals surface area contributed by atoms with Gasteiger partial charge in [-0.1, -0.05) is 6.92 Å². The van der Waals surface area contributed by atoms with E-state index in [1.807, 2.05) is 7.05 Å². The summed E-state index contributed by atoms with van der Waals surface area (Å²) >= 11 is 0. The Morgan fingerprint density at radius 3 is 2.75 bits per heavy atom. The second kappa shape index (κ2) is 5.64. The van der Waals surface area contributed by atoms with Crippen LogP contribution in [-0.4, -0.2) is 60.1 Å².